The zero-order valence-electron chi connectivity index (χ0n) is 6.19. The third-order valence-corrected chi connectivity index (χ3v) is 2.63. The van der Waals surface area contributed by atoms with Gasteiger partial charge in [0.2, 0.25) is 5.91 Å². The van der Waals surface area contributed by atoms with Gasteiger partial charge >= 0.3 is 0 Å². The molecule has 0 aromatic rings. The van der Waals surface area contributed by atoms with Crippen LogP contribution in [0.15, 0.2) is 0 Å². The summed E-state index contributed by atoms with van der Waals surface area (Å²) in [6, 6.07) is 0. The van der Waals surface area contributed by atoms with Crippen molar-refractivity contribution in [3.05, 3.63) is 0 Å². The average Bonchev–Trinajstić information content (AvgIpc) is 1.86. The van der Waals surface area contributed by atoms with Crippen LogP contribution in [0.3, 0.4) is 0 Å². The van der Waals surface area contributed by atoms with Gasteiger partial charge in [-0.3, -0.25) is 9.59 Å². The fraction of sp³-hybridized carbons (Fsp3) is 0.500. The first-order valence-electron chi connectivity index (χ1n) is 2.85. The van der Waals surface area contributed by atoms with Crippen molar-refractivity contribution in [2.75, 3.05) is 7.05 Å². The Morgan fingerprint density at radius 2 is 1.90 bits per heavy atom. The van der Waals surface area contributed by atoms with Crippen molar-refractivity contribution in [3.63, 3.8) is 0 Å². The molecule has 0 aliphatic carbocycles. The number of carbonyl (C=O) groups is 2. The lowest BCUT2D eigenvalue weighted by molar-refractivity contribution is -0.125. The molecule has 0 aliphatic heterocycles. The first-order valence-corrected chi connectivity index (χ1v) is 3.93. The minimum absolute atomic E-state index is 0.149. The molecule has 0 bridgehead atoms. The van der Waals surface area contributed by atoms with Gasteiger partial charge in [-0.1, -0.05) is 0 Å². The van der Waals surface area contributed by atoms with Crippen LogP contribution in [0, 0.1) is 0 Å². The summed E-state index contributed by atoms with van der Waals surface area (Å²) < 4.78 is -0.149. The Balaban J connectivity index is 4.40. The molecule has 0 unspecified atom stereocenters. The van der Waals surface area contributed by atoms with Gasteiger partial charge < -0.3 is 5.32 Å². The van der Waals surface area contributed by atoms with E-state index in [1.54, 1.807) is 38.3 Å². The van der Waals surface area contributed by atoms with Crippen LogP contribution in [-0.2, 0) is 9.59 Å². The smallest absolute Gasteiger partial charge is 0.218 e. The highest BCUT2D eigenvalue weighted by molar-refractivity contribution is 14.1. The lowest BCUT2D eigenvalue weighted by Crippen LogP contribution is -2.38. The van der Waals surface area contributed by atoms with E-state index in [0.29, 0.717) is 0 Å². The second-order valence-corrected chi connectivity index (χ2v) is 3.46. The van der Waals surface area contributed by atoms with Crippen LogP contribution in [0.1, 0.15) is 0 Å². The van der Waals surface area contributed by atoms with Crippen molar-refractivity contribution < 1.29 is 9.59 Å². The molecule has 0 aromatic carbocycles. The highest BCUT2D eigenvalue weighted by atomic mass is 127. The molecule has 0 heterocycles. The topological polar surface area (TPSA) is 46.2 Å². The fourth-order valence-electron chi connectivity index (χ4n) is 0.402. The summed E-state index contributed by atoms with van der Waals surface area (Å²) in [5.41, 5.74) is 0. The molecule has 3 nitrogen and oxygen atoms in total. The third-order valence-electron chi connectivity index (χ3n) is 1.29. The normalized spacial score (nSPS) is 10.6. The van der Waals surface area contributed by atoms with E-state index in [-0.39, 0.29) is 9.70 Å². The molecule has 0 spiro atoms. The van der Waals surface area contributed by atoms with Crippen molar-refractivity contribution in [1.82, 2.24) is 5.32 Å². The average molecular weight is 251 g/mol. The molecule has 6 heteroatoms. The maximum Gasteiger partial charge on any atom is 0.218 e. The minimum Gasteiger partial charge on any atom is -0.360 e. The maximum absolute atomic E-state index is 10.9. The summed E-state index contributed by atoms with van der Waals surface area (Å²) >= 11 is 1.62. The van der Waals surface area contributed by atoms with E-state index >= 15 is 0 Å². The molecular weight excluding hydrogens is 243 g/mol. The molecule has 0 radical (unpaired) electrons. The van der Waals surface area contributed by atoms with E-state index < -0.39 is 5.21 Å². The van der Waals surface area contributed by atoms with E-state index in [9.17, 15) is 9.59 Å². The summed E-state index contributed by atoms with van der Waals surface area (Å²) in [6.07, 6.45) is 0. The summed E-state index contributed by atoms with van der Waals surface area (Å²) in [5.74, 6) is -0.244. The van der Waals surface area contributed by atoms with Crippen molar-refractivity contribution in [2.24, 2.45) is 0 Å². The van der Waals surface area contributed by atoms with E-state index in [0.717, 1.165) is 0 Å². The maximum atomic E-state index is 10.9. The van der Waals surface area contributed by atoms with E-state index in [2.05, 4.69) is 5.32 Å². The predicted molar refractivity (Wildman–Crippen MR) is 52.9 cm³/mol. The lowest BCUT2D eigenvalue weighted by atomic mass is 9.55. The van der Waals surface area contributed by atoms with Gasteiger partial charge in [-0.25, -0.2) is 0 Å². The summed E-state index contributed by atoms with van der Waals surface area (Å²) in [7, 11) is 4.71. The van der Waals surface area contributed by atoms with Crippen LogP contribution < -0.4 is 5.32 Å². The number of rotatable bonds is 2. The molecule has 0 atom stereocenters. The van der Waals surface area contributed by atoms with E-state index in [1.807, 2.05) is 0 Å². The quantitative estimate of drug-likeness (QED) is 0.269. The molecule has 0 saturated heterocycles. The number of nitrogens with one attached hydrogen (secondary N) is 1. The second-order valence-electron chi connectivity index (χ2n) is 2.48. The Kier molecular flexibility index (Phi) is 3.41. The van der Waals surface area contributed by atoms with E-state index in [4.69, 9.17) is 0 Å². The van der Waals surface area contributed by atoms with Gasteiger partial charge in [-0.15, -0.1) is 0 Å². The summed E-state index contributed by atoms with van der Waals surface area (Å²) in [6.45, 7) is 0. The molecular formula is C4H8B2INO2. The fourth-order valence-corrected chi connectivity index (χ4v) is 0.647. The van der Waals surface area contributed by atoms with Crippen molar-refractivity contribution >= 4 is 48.0 Å². The largest absolute Gasteiger partial charge is 0.360 e. The second kappa shape index (κ2) is 3.41. The molecule has 0 saturated carbocycles. The number of hydrogen-bond donors (Lipinski definition) is 1. The number of hydrogen-bond acceptors (Lipinski definition) is 2. The molecule has 10 heavy (non-hydrogen) atoms. The standard InChI is InChI=1S/C4H8B2INO2/c1-8-3(10)4(5,6)2(7)9/h5-6H2,1H3,(H,8,10). The van der Waals surface area contributed by atoms with Crippen LogP contribution >= 0.6 is 22.6 Å². The summed E-state index contributed by atoms with van der Waals surface area (Å²) in [5, 5.41) is 1.53. The van der Waals surface area contributed by atoms with Gasteiger partial charge in [-0.2, -0.15) is 0 Å². The van der Waals surface area contributed by atoms with Gasteiger partial charge in [0.25, 0.3) is 0 Å². The zero-order chi connectivity index (χ0) is 8.36. The Hall–Kier alpha value is -0.000130. The van der Waals surface area contributed by atoms with Crippen molar-refractivity contribution in [3.8, 4) is 0 Å². The molecule has 54 valence electrons. The van der Waals surface area contributed by atoms with Gasteiger partial charge in [0.1, 0.15) is 15.7 Å². The van der Waals surface area contributed by atoms with Crippen LogP contribution in [-0.4, -0.2) is 32.4 Å². The Labute approximate surface area is 75.3 Å². The minimum atomic E-state index is -0.894. The first kappa shape index (κ1) is 10.00. The van der Waals surface area contributed by atoms with Crippen molar-refractivity contribution in [1.29, 1.82) is 0 Å². The van der Waals surface area contributed by atoms with Gasteiger partial charge in [0, 0.05) is 7.05 Å². The van der Waals surface area contributed by atoms with Gasteiger partial charge in [0.05, 0.1) is 5.21 Å². The van der Waals surface area contributed by atoms with Crippen LogP contribution in [0.5, 0.6) is 0 Å². The summed E-state index contributed by atoms with van der Waals surface area (Å²) in [4.78, 5) is 21.7. The van der Waals surface area contributed by atoms with Crippen LogP contribution in [0.4, 0.5) is 0 Å². The third kappa shape index (κ3) is 2.00. The number of carbonyl (C=O) groups excluding carboxylic acids is 2. The van der Waals surface area contributed by atoms with Crippen molar-refractivity contribution in [2.45, 2.75) is 5.21 Å². The van der Waals surface area contributed by atoms with Crippen LogP contribution in [0.2, 0.25) is 5.21 Å². The monoisotopic (exact) mass is 251 g/mol. The van der Waals surface area contributed by atoms with Gasteiger partial charge in [-0.05, 0) is 22.6 Å². The Bertz CT molecular complexity index is 171. The number of halogens is 1. The predicted octanol–water partition coefficient (Wildman–Crippen LogP) is -1.92. The highest BCUT2D eigenvalue weighted by Crippen LogP contribution is 2.20. The number of amides is 1. The Morgan fingerprint density at radius 1 is 1.50 bits per heavy atom. The van der Waals surface area contributed by atoms with Crippen LogP contribution in [0.25, 0.3) is 0 Å². The molecule has 1 N–H and O–H groups in total. The molecule has 1 amide bonds. The SMILES string of the molecule is BC(B)(C(=O)I)C(=O)NC. The molecule has 0 aliphatic rings. The molecule has 0 fully saturated rings. The van der Waals surface area contributed by atoms with E-state index in [1.165, 1.54) is 7.05 Å². The molecule has 0 aromatic heterocycles. The molecule has 0 rings (SSSR count). The first-order chi connectivity index (χ1) is 4.42. The lowest BCUT2D eigenvalue weighted by Gasteiger charge is -2.16. The highest BCUT2D eigenvalue weighted by Gasteiger charge is 2.32. The zero-order valence-corrected chi connectivity index (χ0v) is 8.35. The Morgan fingerprint density at radius 3 is 2.00 bits per heavy atom. The van der Waals surface area contributed by atoms with Gasteiger partial charge in [0.15, 0.2) is 3.79 Å².